The smallest absolute Gasteiger partial charge is 0.220 e. The number of fused-ring (bicyclic) bond motifs is 1. The van der Waals surface area contributed by atoms with Crippen molar-refractivity contribution in [3.05, 3.63) is 70.8 Å². The van der Waals surface area contributed by atoms with Crippen molar-refractivity contribution >= 4 is 11.8 Å². The lowest BCUT2D eigenvalue weighted by atomic mass is 9.65. The summed E-state index contributed by atoms with van der Waals surface area (Å²) in [5.74, 6) is -0.584. The van der Waals surface area contributed by atoms with E-state index in [9.17, 15) is 19.8 Å². The highest BCUT2D eigenvalue weighted by Crippen LogP contribution is 2.59. The van der Waals surface area contributed by atoms with Crippen molar-refractivity contribution in [3.8, 4) is 0 Å². The standard InChI is InChI=1S/C26H32N2O8/c29-15-17(31)13-27-23(33)9-11-25-19-5-1-2-6-20(19)26(36-35-25,22-8-4-3-7-21(22)25)12-10-24(34)28-14-18(32)16-30/h1-8,17-18,29-32H,9-16H2,(H,27,33)(H,28,34)/i35+2,36+2. The number of nitrogens with one attached hydrogen (secondary N) is 2. The van der Waals surface area contributed by atoms with E-state index in [0.29, 0.717) is 0 Å². The van der Waals surface area contributed by atoms with Crippen molar-refractivity contribution in [2.45, 2.75) is 49.1 Å². The van der Waals surface area contributed by atoms with Crippen molar-refractivity contribution in [2.75, 3.05) is 26.3 Å². The molecule has 2 amide bonds. The Morgan fingerprint density at radius 1 is 0.694 bits per heavy atom. The van der Waals surface area contributed by atoms with Gasteiger partial charge in [-0.25, -0.2) is 9.78 Å². The van der Waals surface area contributed by atoms with Crippen molar-refractivity contribution in [2.24, 2.45) is 0 Å². The van der Waals surface area contributed by atoms with Crippen LogP contribution in [0.15, 0.2) is 48.5 Å². The first-order valence-corrected chi connectivity index (χ1v) is 12.0. The van der Waals surface area contributed by atoms with Gasteiger partial charge in [-0.05, 0) is 35.1 Å². The van der Waals surface area contributed by atoms with Crippen molar-refractivity contribution in [3.63, 3.8) is 0 Å². The van der Waals surface area contributed by atoms with Gasteiger partial charge in [0.1, 0.15) is 0 Å². The van der Waals surface area contributed by atoms with Crippen LogP contribution in [0, 0.1) is 0 Å². The minimum absolute atomic E-state index is 0.0482. The van der Waals surface area contributed by atoms with Crippen LogP contribution in [0.3, 0.4) is 0 Å². The minimum atomic E-state index is -1.03. The number of aliphatic hydroxyl groups excluding tert-OH is 4. The Hall–Kier alpha value is -2.86. The van der Waals surface area contributed by atoms with Crippen molar-refractivity contribution < 1.29 is 39.8 Å². The molecular formula is C26H32N2O8. The monoisotopic (exact) mass is 504 g/mol. The fourth-order valence-electron chi connectivity index (χ4n) is 4.96. The zero-order chi connectivity index (χ0) is 25.8. The van der Waals surface area contributed by atoms with Crippen LogP contribution in [0.2, 0.25) is 0 Å². The summed E-state index contributed by atoms with van der Waals surface area (Å²) in [7, 11) is 0. The summed E-state index contributed by atoms with van der Waals surface area (Å²) in [5, 5.41) is 42.2. The minimum Gasteiger partial charge on any atom is -0.394 e. The molecule has 6 N–H and O–H groups in total. The van der Waals surface area contributed by atoms with Gasteiger partial charge in [0.2, 0.25) is 11.8 Å². The van der Waals surface area contributed by atoms with E-state index in [1.54, 1.807) is 0 Å². The molecule has 0 aromatic heterocycles. The molecule has 2 unspecified atom stereocenters. The van der Waals surface area contributed by atoms with E-state index < -0.39 is 36.6 Å². The van der Waals surface area contributed by atoms with Crippen LogP contribution in [0.1, 0.15) is 47.9 Å². The number of aliphatic hydroxyl groups is 4. The van der Waals surface area contributed by atoms with Crippen molar-refractivity contribution in [1.29, 1.82) is 0 Å². The highest BCUT2D eigenvalue weighted by atomic mass is 19.1. The molecule has 1 aliphatic carbocycles. The van der Waals surface area contributed by atoms with Crippen LogP contribution >= 0.6 is 0 Å². The molecule has 0 radical (unpaired) electrons. The molecule has 2 atom stereocenters. The second-order valence-electron chi connectivity index (χ2n) is 9.19. The van der Waals surface area contributed by atoms with Crippen LogP contribution in [0.4, 0.5) is 0 Å². The van der Waals surface area contributed by atoms with E-state index in [-0.39, 0.29) is 50.6 Å². The summed E-state index contributed by atoms with van der Waals surface area (Å²) < 4.78 is 0. The predicted octanol–water partition coefficient (Wildman–Crippen LogP) is -0.0518. The molecule has 3 aliphatic rings. The molecule has 194 valence electrons. The molecule has 2 aromatic carbocycles. The number of benzene rings is 2. The van der Waals surface area contributed by atoms with Gasteiger partial charge in [0.05, 0.1) is 25.4 Å². The van der Waals surface area contributed by atoms with Crippen LogP contribution in [0.25, 0.3) is 0 Å². The molecule has 10 nitrogen and oxygen atoms in total. The zero-order valence-electron chi connectivity index (χ0n) is 19.9. The van der Waals surface area contributed by atoms with E-state index in [0.717, 1.165) is 22.3 Å². The number of carbonyl (C=O) groups excluding carboxylic acids is 2. The molecule has 36 heavy (non-hydrogen) atoms. The second-order valence-corrected chi connectivity index (χ2v) is 9.19. The molecule has 10 heteroatoms. The molecular weight excluding hydrogens is 472 g/mol. The van der Waals surface area contributed by atoms with Gasteiger partial charge in [0.15, 0.2) is 11.2 Å². The zero-order valence-corrected chi connectivity index (χ0v) is 19.9. The summed E-state index contributed by atoms with van der Waals surface area (Å²) in [6, 6.07) is 15.3. The van der Waals surface area contributed by atoms with Crippen LogP contribution in [-0.2, 0) is 30.6 Å². The molecule has 0 spiro atoms. The first-order valence-electron chi connectivity index (χ1n) is 12.0. The Bertz CT molecular complexity index is 960. The molecule has 0 saturated carbocycles. The quantitative estimate of drug-likeness (QED) is 0.173. The largest absolute Gasteiger partial charge is 0.394 e. The predicted molar refractivity (Wildman–Crippen MR) is 127 cm³/mol. The van der Waals surface area contributed by atoms with Gasteiger partial charge in [0.25, 0.3) is 0 Å². The Labute approximate surface area is 208 Å². The van der Waals surface area contributed by atoms with Gasteiger partial charge >= 0.3 is 0 Å². The van der Waals surface area contributed by atoms with Crippen LogP contribution in [-0.4, -0.2) is 70.8 Å². The van der Waals surface area contributed by atoms with Gasteiger partial charge in [-0.1, -0.05) is 48.5 Å². The number of hydrogen-bond donors (Lipinski definition) is 6. The molecule has 2 bridgehead atoms. The molecule has 0 fully saturated rings. The second kappa shape index (κ2) is 11.0. The third kappa shape index (κ3) is 4.88. The van der Waals surface area contributed by atoms with Gasteiger partial charge < -0.3 is 31.1 Å². The van der Waals surface area contributed by atoms with E-state index in [4.69, 9.17) is 20.0 Å². The maximum absolute atomic E-state index is 12.5. The van der Waals surface area contributed by atoms with E-state index in [1.807, 2.05) is 48.5 Å². The van der Waals surface area contributed by atoms with Crippen LogP contribution < -0.4 is 10.6 Å². The van der Waals surface area contributed by atoms with E-state index in [1.165, 1.54) is 0 Å². The Kier molecular flexibility index (Phi) is 8.04. The number of amides is 2. The van der Waals surface area contributed by atoms with Gasteiger partial charge in [-0.2, -0.15) is 0 Å². The average Bonchev–Trinajstić information content (AvgIpc) is 2.93. The van der Waals surface area contributed by atoms with Crippen LogP contribution in [0.5, 0.6) is 0 Å². The fraction of sp³-hybridized carbons (Fsp3) is 0.462. The molecule has 2 heterocycles. The summed E-state index contributed by atoms with van der Waals surface area (Å²) in [5.41, 5.74) is 1.36. The topological polar surface area (TPSA) is 158 Å². The van der Waals surface area contributed by atoms with Gasteiger partial charge in [-0.15, -0.1) is 0 Å². The first-order chi connectivity index (χ1) is 17.4. The highest BCUT2D eigenvalue weighted by molar-refractivity contribution is 5.77. The van der Waals surface area contributed by atoms with Gasteiger partial charge in [0, 0.05) is 25.9 Å². The normalized spacial score (nSPS) is 23.3. The summed E-state index contributed by atoms with van der Waals surface area (Å²) in [4.78, 5) is 37.2. The average molecular weight is 505 g/mol. The van der Waals surface area contributed by atoms with Crippen molar-refractivity contribution in [1.82, 2.24) is 10.6 Å². The summed E-state index contributed by atoms with van der Waals surface area (Å²) in [6.07, 6.45) is -1.32. The maximum atomic E-state index is 12.5. The lowest BCUT2D eigenvalue weighted by Gasteiger charge is -2.53. The third-order valence-corrected chi connectivity index (χ3v) is 6.82. The summed E-state index contributed by atoms with van der Waals surface area (Å²) in [6.45, 7) is -0.977. The van der Waals surface area contributed by atoms with Gasteiger partial charge in [-0.3, -0.25) is 9.59 Å². The molecule has 2 aromatic rings. The lowest BCUT2D eigenvalue weighted by Crippen LogP contribution is -2.53. The Morgan fingerprint density at radius 3 is 1.33 bits per heavy atom. The van der Waals surface area contributed by atoms with E-state index in [2.05, 4.69) is 10.6 Å². The molecule has 0 saturated heterocycles. The fourth-order valence-corrected chi connectivity index (χ4v) is 4.96. The SMILES string of the molecule is O=C(CCC12[18O][18O]C(CCC(=O)NCC(O)CO)(c3ccccc31)c1ccccc12)NCC(O)CO. The number of hydrogen-bond acceptors (Lipinski definition) is 8. The first kappa shape index (κ1) is 26.2. The lowest BCUT2D eigenvalue weighted by molar-refractivity contribution is -0.431. The third-order valence-electron chi connectivity index (χ3n) is 6.82. The Morgan fingerprint density at radius 2 is 1.03 bits per heavy atom. The summed E-state index contributed by atoms with van der Waals surface area (Å²) >= 11 is 0. The van der Waals surface area contributed by atoms with E-state index >= 15 is 0 Å². The Balaban J connectivity index is 1.60. The molecule has 2 aliphatic heterocycles. The highest BCUT2D eigenvalue weighted by Gasteiger charge is 2.58. The number of carbonyl (C=O) groups is 2. The molecule has 5 rings (SSSR count). The maximum Gasteiger partial charge on any atom is 0.220 e. The number of rotatable bonds is 12.